The largest absolute Gasteiger partial charge is 0.481 e. The highest BCUT2D eigenvalue weighted by Crippen LogP contribution is 2.46. The lowest BCUT2D eigenvalue weighted by atomic mass is 9.77. The Morgan fingerprint density at radius 1 is 1.40 bits per heavy atom. The van der Waals surface area contributed by atoms with E-state index in [0.717, 1.165) is 12.8 Å². The summed E-state index contributed by atoms with van der Waals surface area (Å²) < 4.78 is 5.34. The lowest BCUT2D eigenvalue weighted by Crippen LogP contribution is -2.26. The van der Waals surface area contributed by atoms with Crippen LogP contribution in [-0.2, 0) is 14.9 Å². The SMILES string of the molecule is COCC(C)(C)c1ccccc1C(CC(=O)O)C1CC1. The predicted octanol–water partition coefficient (Wildman–Crippen LogP) is 3.58. The maximum absolute atomic E-state index is 11.2. The fourth-order valence-electron chi connectivity index (χ4n) is 3.09. The summed E-state index contributed by atoms with van der Waals surface area (Å²) in [5.41, 5.74) is 2.32. The highest BCUT2D eigenvalue weighted by Gasteiger charge is 2.36. The van der Waals surface area contributed by atoms with E-state index >= 15 is 0 Å². The molecule has 0 amide bonds. The molecular formula is C17H24O3. The quantitative estimate of drug-likeness (QED) is 0.828. The van der Waals surface area contributed by atoms with E-state index in [9.17, 15) is 9.90 Å². The van der Waals surface area contributed by atoms with Crippen molar-refractivity contribution in [1.82, 2.24) is 0 Å². The molecule has 1 aromatic rings. The molecule has 3 nitrogen and oxygen atoms in total. The number of carboxylic acid groups (broad SMARTS) is 1. The highest BCUT2D eigenvalue weighted by atomic mass is 16.5. The van der Waals surface area contributed by atoms with E-state index in [2.05, 4.69) is 26.0 Å². The lowest BCUT2D eigenvalue weighted by molar-refractivity contribution is -0.137. The van der Waals surface area contributed by atoms with Crippen LogP contribution in [0, 0.1) is 5.92 Å². The maximum atomic E-state index is 11.2. The molecule has 1 atom stereocenters. The summed E-state index contributed by atoms with van der Waals surface area (Å²) in [5.74, 6) is -0.0355. The van der Waals surface area contributed by atoms with Gasteiger partial charge in [0.05, 0.1) is 13.0 Å². The van der Waals surface area contributed by atoms with E-state index in [0.29, 0.717) is 12.5 Å². The topological polar surface area (TPSA) is 46.5 Å². The summed E-state index contributed by atoms with van der Waals surface area (Å²) in [6.45, 7) is 4.94. The second kappa shape index (κ2) is 5.96. The van der Waals surface area contributed by atoms with E-state index in [-0.39, 0.29) is 17.8 Å². The Hall–Kier alpha value is -1.35. The Labute approximate surface area is 121 Å². The van der Waals surface area contributed by atoms with Gasteiger partial charge in [-0.25, -0.2) is 0 Å². The molecular weight excluding hydrogens is 252 g/mol. The highest BCUT2D eigenvalue weighted by molar-refractivity contribution is 5.68. The van der Waals surface area contributed by atoms with E-state index in [1.165, 1.54) is 11.1 Å². The van der Waals surface area contributed by atoms with Crippen molar-refractivity contribution in [3.63, 3.8) is 0 Å². The molecule has 0 bridgehead atoms. The van der Waals surface area contributed by atoms with Crippen LogP contribution in [-0.4, -0.2) is 24.8 Å². The molecule has 1 fully saturated rings. The van der Waals surface area contributed by atoms with Gasteiger partial charge in [-0.15, -0.1) is 0 Å². The van der Waals surface area contributed by atoms with Gasteiger partial charge in [-0.2, -0.15) is 0 Å². The fourth-order valence-corrected chi connectivity index (χ4v) is 3.09. The molecule has 1 aliphatic rings. The Bertz CT molecular complexity index is 475. The summed E-state index contributed by atoms with van der Waals surface area (Å²) in [4.78, 5) is 11.2. The summed E-state index contributed by atoms with van der Waals surface area (Å²) in [5, 5.41) is 9.19. The Morgan fingerprint density at radius 3 is 2.60 bits per heavy atom. The number of aliphatic carboxylic acids is 1. The Balaban J connectivity index is 2.37. The van der Waals surface area contributed by atoms with Crippen LogP contribution in [0.25, 0.3) is 0 Å². The van der Waals surface area contributed by atoms with E-state index in [1.807, 2.05) is 12.1 Å². The molecule has 0 heterocycles. The molecule has 2 rings (SSSR count). The first-order valence-electron chi connectivity index (χ1n) is 7.26. The van der Waals surface area contributed by atoms with Crippen molar-refractivity contribution in [2.75, 3.05) is 13.7 Å². The van der Waals surface area contributed by atoms with Crippen LogP contribution in [0.5, 0.6) is 0 Å². The number of carboxylic acids is 1. The molecule has 1 aliphatic carbocycles. The fraction of sp³-hybridized carbons (Fsp3) is 0.588. The van der Waals surface area contributed by atoms with Crippen LogP contribution < -0.4 is 0 Å². The molecule has 110 valence electrons. The molecule has 0 saturated heterocycles. The molecule has 0 spiro atoms. The zero-order valence-corrected chi connectivity index (χ0v) is 12.6. The summed E-state index contributed by atoms with van der Waals surface area (Å²) in [6.07, 6.45) is 2.53. The molecule has 0 radical (unpaired) electrons. The number of hydrogen-bond donors (Lipinski definition) is 1. The minimum absolute atomic E-state index is 0.100. The van der Waals surface area contributed by atoms with Gasteiger partial charge in [-0.3, -0.25) is 4.79 Å². The minimum Gasteiger partial charge on any atom is -0.481 e. The third kappa shape index (κ3) is 3.40. The number of hydrogen-bond acceptors (Lipinski definition) is 2. The first-order chi connectivity index (χ1) is 9.45. The smallest absolute Gasteiger partial charge is 0.303 e. The van der Waals surface area contributed by atoms with E-state index in [4.69, 9.17) is 4.74 Å². The van der Waals surface area contributed by atoms with Crippen molar-refractivity contribution >= 4 is 5.97 Å². The molecule has 1 N–H and O–H groups in total. The van der Waals surface area contributed by atoms with Crippen molar-refractivity contribution in [3.05, 3.63) is 35.4 Å². The number of rotatable bonds is 7. The third-order valence-electron chi connectivity index (χ3n) is 4.18. The average Bonchev–Trinajstić information content (AvgIpc) is 3.20. The normalized spacial score (nSPS) is 16.9. The maximum Gasteiger partial charge on any atom is 0.303 e. The number of benzene rings is 1. The van der Waals surface area contributed by atoms with E-state index < -0.39 is 5.97 Å². The monoisotopic (exact) mass is 276 g/mol. The van der Waals surface area contributed by atoms with Gasteiger partial charge >= 0.3 is 5.97 Å². The van der Waals surface area contributed by atoms with Crippen molar-refractivity contribution in [2.24, 2.45) is 5.92 Å². The van der Waals surface area contributed by atoms with Gasteiger partial charge in [0.25, 0.3) is 0 Å². The minimum atomic E-state index is -0.707. The molecule has 20 heavy (non-hydrogen) atoms. The summed E-state index contributed by atoms with van der Waals surface area (Å²) in [6, 6.07) is 8.25. The second-order valence-electron chi connectivity index (χ2n) is 6.45. The number of ether oxygens (including phenoxy) is 1. The standard InChI is InChI=1S/C17H24O3/c1-17(2,11-20-3)15-7-5-4-6-13(15)14(10-16(18)19)12-8-9-12/h4-7,12,14H,8-11H2,1-3H3,(H,18,19). The van der Waals surface area contributed by atoms with Crippen LogP contribution in [0.15, 0.2) is 24.3 Å². The summed E-state index contributed by atoms with van der Waals surface area (Å²) in [7, 11) is 1.71. The first kappa shape index (κ1) is 15.0. The van der Waals surface area contributed by atoms with Crippen LogP contribution in [0.4, 0.5) is 0 Å². The lowest BCUT2D eigenvalue weighted by Gasteiger charge is -2.30. The van der Waals surface area contributed by atoms with Gasteiger partial charge in [-0.1, -0.05) is 38.1 Å². The van der Waals surface area contributed by atoms with Gasteiger partial charge < -0.3 is 9.84 Å². The van der Waals surface area contributed by atoms with Crippen molar-refractivity contribution < 1.29 is 14.6 Å². The van der Waals surface area contributed by atoms with Gasteiger partial charge in [0.1, 0.15) is 0 Å². The van der Waals surface area contributed by atoms with Crippen LogP contribution in [0.3, 0.4) is 0 Å². The van der Waals surface area contributed by atoms with Gasteiger partial charge in [0.15, 0.2) is 0 Å². The van der Waals surface area contributed by atoms with Crippen LogP contribution in [0.1, 0.15) is 50.2 Å². The van der Waals surface area contributed by atoms with E-state index in [1.54, 1.807) is 7.11 Å². The average molecular weight is 276 g/mol. The third-order valence-corrected chi connectivity index (χ3v) is 4.18. The molecule has 0 aliphatic heterocycles. The number of methoxy groups -OCH3 is 1. The Kier molecular flexibility index (Phi) is 4.48. The molecule has 1 aromatic carbocycles. The first-order valence-corrected chi connectivity index (χ1v) is 7.26. The zero-order valence-electron chi connectivity index (χ0n) is 12.6. The summed E-state index contributed by atoms with van der Waals surface area (Å²) >= 11 is 0. The van der Waals surface area contributed by atoms with Gasteiger partial charge in [0.2, 0.25) is 0 Å². The van der Waals surface area contributed by atoms with Crippen molar-refractivity contribution in [2.45, 2.75) is 44.4 Å². The molecule has 3 heteroatoms. The molecule has 0 aromatic heterocycles. The number of carbonyl (C=O) groups is 1. The Morgan fingerprint density at radius 2 is 2.05 bits per heavy atom. The van der Waals surface area contributed by atoms with Gasteiger partial charge in [-0.05, 0) is 35.8 Å². The predicted molar refractivity (Wildman–Crippen MR) is 79.1 cm³/mol. The van der Waals surface area contributed by atoms with Crippen molar-refractivity contribution in [3.8, 4) is 0 Å². The molecule has 1 saturated carbocycles. The second-order valence-corrected chi connectivity index (χ2v) is 6.45. The molecule has 1 unspecified atom stereocenters. The van der Waals surface area contributed by atoms with Crippen LogP contribution in [0.2, 0.25) is 0 Å². The van der Waals surface area contributed by atoms with Crippen LogP contribution >= 0.6 is 0 Å². The van der Waals surface area contributed by atoms with Crippen molar-refractivity contribution in [1.29, 1.82) is 0 Å². The van der Waals surface area contributed by atoms with Gasteiger partial charge in [0, 0.05) is 12.5 Å². The zero-order chi connectivity index (χ0) is 14.8.